The summed E-state index contributed by atoms with van der Waals surface area (Å²) in [6.45, 7) is 7.67. The average molecular weight is 273 g/mol. The molecule has 0 heterocycles. The van der Waals surface area contributed by atoms with Crippen LogP contribution in [-0.2, 0) is 11.8 Å². The maximum Gasteiger partial charge on any atom is -0.00720 e. The van der Waals surface area contributed by atoms with Gasteiger partial charge < -0.3 is 5.73 Å². The summed E-state index contributed by atoms with van der Waals surface area (Å²) in [7, 11) is 0. The summed E-state index contributed by atoms with van der Waals surface area (Å²) in [6, 6.07) is 9.26. The lowest BCUT2D eigenvalue weighted by atomic mass is 9.77. The van der Waals surface area contributed by atoms with E-state index in [9.17, 15) is 0 Å². The predicted molar refractivity (Wildman–Crippen MR) is 88.0 cm³/mol. The molecule has 0 saturated heterocycles. The van der Waals surface area contributed by atoms with Gasteiger partial charge in [-0.15, -0.1) is 0 Å². The van der Waals surface area contributed by atoms with Crippen LogP contribution in [0, 0.1) is 5.41 Å². The molecule has 0 radical (unpaired) electrons. The smallest absolute Gasteiger partial charge is 0.00720 e. The first-order valence-electron chi connectivity index (χ1n) is 8.25. The Labute approximate surface area is 125 Å². The summed E-state index contributed by atoms with van der Waals surface area (Å²) < 4.78 is 0. The molecule has 1 aromatic carbocycles. The van der Waals surface area contributed by atoms with E-state index in [-0.39, 0.29) is 5.41 Å². The average Bonchev–Trinajstić information content (AvgIpc) is 2.85. The second-order valence-electron chi connectivity index (χ2n) is 7.69. The Hall–Kier alpha value is -0.820. The molecule has 20 heavy (non-hydrogen) atoms. The van der Waals surface area contributed by atoms with Crippen LogP contribution in [0.25, 0.3) is 0 Å². The molecule has 2 N–H and O–H groups in total. The molecule has 1 aromatic rings. The van der Waals surface area contributed by atoms with E-state index in [1.165, 1.54) is 56.1 Å². The second-order valence-corrected chi connectivity index (χ2v) is 7.69. The summed E-state index contributed by atoms with van der Waals surface area (Å²) >= 11 is 0. The monoisotopic (exact) mass is 273 g/mol. The molecule has 1 aliphatic rings. The maximum atomic E-state index is 5.83. The van der Waals surface area contributed by atoms with Crippen molar-refractivity contribution >= 4 is 0 Å². The van der Waals surface area contributed by atoms with Crippen LogP contribution in [0.4, 0.5) is 0 Å². The van der Waals surface area contributed by atoms with Gasteiger partial charge in [0, 0.05) is 0 Å². The standard InChI is InChI=1S/C19H31N/c1-18(2,3)17-8-6-16(7-9-17)10-13-19(14-15-20)11-4-5-12-19/h6-9H,4-5,10-15,20H2,1-3H3. The molecular formula is C19H31N. The highest BCUT2D eigenvalue weighted by atomic mass is 14.5. The Kier molecular flexibility index (Phi) is 4.90. The Morgan fingerprint density at radius 3 is 2.10 bits per heavy atom. The summed E-state index contributed by atoms with van der Waals surface area (Å²) in [5.74, 6) is 0. The maximum absolute atomic E-state index is 5.83. The van der Waals surface area contributed by atoms with E-state index in [1.807, 2.05) is 0 Å². The van der Waals surface area contributed by atoms with E-state index in [2.05, 4.69) is 45.0 Å². The first-order chi connectivity index (χ1) is 9.45. The van der Waals surface area contributed by atoms with E-state index < -0.39 is 0 Å². The predicted octanol–water partition coefficient (Wildman–Crippen LogP) is 4.83. The number of aryl methyl sites for hydroxylation is 1. The Morgan fingerprint density at radius 1 is 1.00 bits per heavy atom. The first-order valence-corrected chi connectivity index (χ1v) is 8.25. The lowest BCUT2D eigenvalue weighted by molar-refractivity contribution is 0.253. The van der Waals surface area contributed by atoms with Crippen LogP contribution in [0.1, 0.15) is 70.4 Å². The fourth-order valence-electron chi connectivity index (χ4n) is 3.64. The Bertz CT molecular complexity index is 404. The lowest BCUT2D eigenvalue weighted by Gasteiger charge is -2.28. The zero-order chi connectivity index (χ0) is 14.6. The highest BCUT2D eigenvalue weighted by Crippen LogP contribution is 2.44. The van der Waals surface area contributed by atoms with Crippen LogP contribution < -0.4 is 5.73 Å². The molecule has 112 valence electrons. The summed E-state index contributed by atoms with van der Waals surface area (Å²) in [4.78, 5) is 0. The van der Waals surface area contributed by atoms with E-state index in [4.69, 9.17) is 5.73 Å². The molecule has 0 aromatic heterocycles. The zero-order valence-electron chi connectivity index (χ0n) is 13.5. The molecular weight excluding hydrogens is 242 g/mol. The van der Waals surface area contributed by atoms with Gasteiger partial charge in [-0.1, -0.05) is 57.9 Å². The van der Waals surface area contributed by atoms with Crippen LogP contribution in [0.5, 0.6) is 0 Å². The molecule has 0 aliphatic heterocycles. The molecule has 1 saturated carbocycles. The third kappa shape index (κ3) is 3.85. The van der Waals surface area contributed by atoms with Gasteiger partial charge in [0.2, 0.25) is 0 Å². The van der Waals surface area contributed by atoms with Gasteiger partial charge in [0.1, 0.15) is 0 Å². The van der Waals surface area contributed by atoms with Gasteiger partial charge in [-0.3, -0.25) is 0 Å². The number of rotatable bonds is 5. The molecule has 1 heteroatoms. The summed E-state index contributed by atoms with van der Waals surface area (Å²) in [6.07, 6.45) is 9.34. The fraction of sp³-hybridized carbons (Fsp3) is 0.684. The van der Waals surface area contributed by atoms with Crippen molar-refractivity contribution in [2.24, 2.45) is 11.1 Å². The van der Waals surface area contributed by atoms with Crippen molar-refractivity contribution in [1.82, 2.24) is 0 Å². The van der Waals surface area contributed by atoms with E-state index in [0.29, 0.717) is 5.41 Å². The van der Waals surface area contributed by atoms with Gasteiger partial charge >= 0.3 is 0 Å². The molecule has 0 bridgehead atoms. The number of hydrogen-bond acceptors (Lipinski definition) is 1. The minimum absolute atomic E-state index is 0.255. The van der Waals surface area contributed by atoms with Gasteiger partial charge in [0.15, 0.2) is 0 Å². The number of benzene rings is 1. The van der Waals surface area contributed by atoms with Crippen LogP contribution in [0.3, 0.4) is 0 Å². The highest BCUT2D eigenvalue weighted by Gasteiger charge is 2.32. The van der Waals surface area contributed by atoms with Crippen molar-refractivity contribution in [3.8, 4) is 0 Å². The molecule has 0 amide bonds. The lowest BCUT2D eigenvalue weighted by Crippen LogP contribution is -2.21. The summed E-state index contributed by atoms with van der Waals surface area (Å²) in [5.41, 5.74) is 9.55. The first kappa shape index (κ1) is 15.6. The Morgan fingerprint density at radius 2 is 1.60 bits per heavy atom. The van der Waals surface area contributed by atoms with E-state index in [1.54, 1.807) is 0 Å². The molecule has 1 fully saturated rings. The Balaban J connectivity index is 1.96. The van der Waals surface area contributed by atoms with Gasteiger partial charge in [-0.05, 0) is 60.6 Å². The van der Waals surface area contributed by atoms with Crippen LogP contribution >= 0.6 is 0 Å². The van der Waals surface area contributed by atoms with Gasteiger partial charge in [-0.25, -0.2) is 0 Å². The molecule has 1 aliphatic carbocycles. The van der Waals surface area contributed by atoms with E-state index >= 15 is 0 Å². The van der Waals surface area contributed by atoms with E-state index in [0.717, 1.165) is 6.54 Å². The quantitative estimate of drug-likeness (QED) is 0.817. The van der Waals surface area contributed by atoms with Crippen molar-refractivity contribution in [3.05, 3.63) is 35.4 Å². The topological polar surface area (TPSA) is 26.0 Å². The number of nitrogens with two attached hydrogens (primary N) is 1. The molecule has 0 unspecified atom stereocenters. The zero-order valence-corrected chi connectivity index (χ0v) is 13.5. The van der Waals surface area contributed by atoms with Gasteiger partial charge in [0.25, 0.3) is 0 Å². The fourth-order valence-corrected chi connectivity index (χ4v) is 3.64. The van der Waals surface area contributed by atoms with Crippen molar-refractivity contribution in [2.45, 2.75) is 71.1 Å². The molecule has 0 spiro atoms. The van der Waals surface area contributed by atoms with Crippen LogP contribution in [0.15, 0.2) is 24.3 Å². The van der Waals surface area contributed by atoms with Crippen molar-refractivity contribution in [3.63, 3.8) is 0 Å². The summed E-state index contributed by atoms with van der Waals surface area (Å²) in [5, 5.41) is 0. The largest absolute Gasteiger partial charge is 0.330 e. The van der Waals surface area contributed by atoms with Crippen LogP contribution in [-0.4, -0.2) is 6.54 Å². The van der Waals surface area contributed by atoms with Crippen LogP contribution in [0.2, 0.25) is 0 Å². The molecule has 1 nitrogen and oxygen atoms in total. The van der Waals surface area contributed by atoms with Gasteiger partial charge in [0.05, 0.1) is 0 Å². The normalized spacial score (nSPS) is 18.4. The SMILES string of the molecule is CC(C)(C)c1ccc(CCC2(CCN)CCCC2)cc1. The highest BCUT2D eigenvalue weighted by molar-refractivity contribution is 5.27. The third-order valence-electron chi connectivity index (χ3n) is 5.10. The second kappa shape index (κ2) is 6.30. The van der Waals surface area contributed by atoms with Crippen molar-refractivity contribution < 1.29 is 0 Å². The van der Waals surface area contributed by atoms with Crippen molar-refractivity contribution in [2.75, 3.05) is 6.54 Å². The minimum atomic E-state index is 0.255. The molecule has 0 atom stereocenters. The number of hydrogen-bond donors (Lipinski definition) is 1. The van der Waals surface area contributed by atoms with Gasteiger partial charge in [-0.2, -0.15) is 0 Å². The minimum Gasteiger partial charge on any atom is -0.330 e. The molecule has 2 rings (SSSR count). The third-order valence-corrected chi connectivity index (χ3v) is 5.10. The van der Waals surface area contributed by atoms with Crippen molar-refractivity contribution in [1.29, 1.82) is 0 Å².